The first-order chi connectivity index (χ1) is 17.7. The molecule has 192 valence electrons. The fraction of sp³-hybridized carbons (Fsp3) is 0.412. The van der Waals surface area contributed by atoms with E-state index in [0.717, 1.165) is 37.4 Å². The van der Waals surface area contributed by atoms with E-state index < -0.39 is 0 Å². The smallest absolute Gasteiger partial charge is 0.209 e. The van der Waals surface area contributed by atoms with Gasteiger partial charge in [0, 0.05) is 46.3 Å². The van der Waals surface area contributed by atoms with Crippen molar-refractivity contribution in [2.45, 2.75) is 71.6 Å². The first kappa shape index (κ1) is 25.8. The van der Waals surface area contributed by atoms with Crippen molar-refractivity contribution in [2.75, 3.05) is 18.0 Å². The predicted molar refractivity (Wildman–Crippen MR) is 158 cm³/mol. The molecule has 3 aliphatic rings. The van der Waals surface area contributed by atoms with Gasteiger partial charge in [-0.2, -0.15) is 4.58 Å². The number of likely N-dealkylation sites (N-methyl/N-ethyl adjacent to an activating group) is 1. The van der Waals surface area contributed by atoms with Crippen molar-refractivity contribution in [3.63, 3.8) is 0 Å². The van der Waals surface area contributed by atoms with Crippen molar-refractivity contribution < 1.29 is 4.58 Å². The van der Waals surface area contributed by atoms with Crippen LogP contribution >= 0.6 is 11.6 Å². The van der Waals surface area contributed by atoms with Crippen molar-refractivity contribution >= 4 is 28.7 Å². The SMILES string of the molecule is CCN1C(=C=CC2CCCC(/C=C/C3=[N+](CC)c4ccccc4C3(C)C)=C2Cl)C(C)(C)c2ccccc21. The van der Waals surface area contributed by atoms with Gasteiger partial charge in [-0.1, -0.05) is 54.1 Å². The summed E-state index contributed by atoms with van der Waals surface area (Å²) >= 11 is 7.09. The summed E-state index contributed by atoms with van der Waals surface area (Å²) in [4.78, 5) is 2.41. The fourth-order valence-corrected chi connectivity index (χ4v) is 6.90. The molecule has 0 aromatic heterocycles. The van der Waals surface area contributed by atoms with Gasteiger partial charge in [0.2, 0.25) is 5.69 Å². The van der Waals surface area contributed by atoms with E-state index in [-0.39, 0.29) is 16.7 Å². The molecular formula is C34H40ClN2+. The molecule has 1 unspecified atom stereocenters. The van der Waals surface area contributed by atoms with Crippen molar-refractivity contribution in [1.82, 2.24) is 0 Å². The Labute approximate surface area is 228 Å². The van der Waals surface area contributed by atoms with E-state index in [1.165, 1.54) is 39.5 Å². The van der Waals surface area contributed by atoms with E-state index in [1.807, 2.05) is 0 Å². The molecule has 0 bridgehead atoms. The first-order valence-electron chi connectivity index (χ1n) is 13.9. The lowest BCUT2D eigenvalue weighted by molar-refractivity contribution is -0.433. The number of nitrogens with zero attached hydrogens (tertiary/aromatic N) is 2. The van der Waals surface area contributed by atoms with Crippen molar-refractivity contribution in [2.24, 2.45) is 5.92 Å². The van der Waals surface area contributed by atoms with Gasteiger partial charge in [0.1, 0.15) is 6.54 Å². The van der Waals surface area contributed by atoms with Crippen LogP contribution in [-0.2, 0) is 10.8 Å². The van der Waals surface area contributed by atoms with Crippen LogP contribution in [0, 0.1) is 5.92 Å². The Morgan fingerprint density at radius 3 is 2.41 bits per heavy atom. The summed E-state index contributed by atoms with van der Waals surface area (Å²) < 4.78 is 2.45. The maximum Gasteiger partial charge on any atom is 0.209 e. The molecule has 0 saturated heterocycles. The van der Waals surface area contributed by atoms with Gasteiger partial charge < -0.3 is 4.90 Å². The molecule has 0 saturated carbocycles. The molecular weight excluding hydrogens is 472 g/mol. The highest BCUT2D eigenvalue weighted by Crippen LogP contribution is 2.47. The minimum absolute atomic E-state index is 0.0266. The van der Waals surface area contributed by atoms with Crippen LogP contribution in [0.15, 0.2) is 88.8 Å². The van der Waals surface area contributed by atoms with Gasteiger partial charge in [0.15, 0.2) is 5.71 Å². The molecule has 2 aromatic rings. The Morgan fingerprint density at radius 2 is 1.68 bits per heavy atom. The lowest BCUT2D eigenvalue weighted by Gasteiger charge is -2.25. The second-order valence-electron chi connectivity index (χ2n) is 11.5. The molecule has 37 heavy (non-hydrogen) atoms. The highest BCUT2D eigenvalue weighted by Gasteiger charge is 2.43. The van der Waals surface area contributed by atoms with Gasteiger partial charge in [-0.15, -0.1) is 5.73 Å². The zero-order valence-electron chi connectivity index (χ0n) is 23.2. The van der Waals surface area contributed by atoms with Crippen LogP contribution < -0.4 is 4.90 Å². The first-order valence-corrected chi connectivity index (χ1v) is 14.2. The number of allylic oxidation sites excluding steroid dienone is 5. The normalized spacial score (nSPS) is 22.0. The molecule has 0 radical (unpaired) electrons. The fourth-order valence-electron chi connectivity index (χ4n) is 6.57. The van der Waals surface area contributed by atoms with Crippen molar-refractivity contribution in [3.8, 4) is 0 Å². The second kappa shape index (κ2) is 9.82. The van der Waals surface area contributed by atoms with Crippen LogP contribution in [0.4, 0.5) is 11.4 Å². The van der Waals surface area contributed by atoms with Crippen LogP contribution in [0.25, 0.3) is 0 Å². The molecule has 1 aliphatic carbocycles. The molecule has 0 spiro atoms. The average Bonchev–Trinajstić information content (AvgIpc) is 3.25. The van der Waals surface area contributed by atoms with Crippen LogP contribution in [0.5, 0.6) is 0 Å². The summed E-state index contributed by atoms with van der Waals surface area (Å²) in [5.41, 5.74) is 12.9. The maximum absolute atomic E-state index is 7.09. The molecule has 2 aromatic carbocycles. The maximum atomic E-state index is 7.09. The third kappa shape index (κ3) is 4.25. The van der Waals surface area contributed by atoms with E-state index in [2.05, 4.69) is 124 Å². The van der Waals surface area contributed by atoms with Crippen LogP contribution in [-0.4, -0.2) is 23.4 Å². The van der Waals surface area contributed by atoms with Crippen LogP contribution in [0.2, 0.25) is 0 Å². The summed E-state index contributed by atoms with van der Waals surface area (Å²) in [6.07, 6.45) is 10.1. The Morgan fingerprint density at radius 1 is 0.973 bits per heavy atom. The Bertz CT molecular complexity index is 1380. The number of benzene rings is 2. The number of rotatable bonds is 5. The average molecular weight is 512 g/mol. The number of fused-ring (bicyclic) bond motifs is 2. The van der Waals surface area contributed by atoms with E-state index in [0.29, 0.717) is 0 Å². The molecule has 2 nitrogen and oxygen atoms in total. The van der Waals surface area contributed by atoms with Crippen LogP contribution in [0.3, 0.4) is 0 Å². The lowest BCUT2D eigenvalue weighted by atomic mass is 9.81. The van der Waals surface area contributed by atoms with Gasteiger partial charge in [-0.3, -0.25) is 0 Å². The number of anilines is 1. The predicted octanol–water partition coefficient (Wildman–Crippen LogP) is 8.79. The monoisotopic (exact) mass is 511 g/mol. The zero-order chi connectivity index (χ0) is 26.4. The molecule has 5 rings (SSSR count). The number of hydrogen-bond acceptors (Lipinski definition) is 1. The standard InChI is InChI=1S/C34H40ClN2/c1-7-36-28-18-11-9-16-26(28)33(3,4)30(36)22-20-24-14-13-15-25(32(24)35)21-23-31-34(5,6)27-17-10-12-19-29(27)37(31)8-2/h9-12,16-22,25H,7-8,13-15H2,1-6H3/q+1/b22-20+. The topological polar surface area (TPSA) is 6.25 Å². The highest BCUT2D eigenvalue weighted by molar-refractivity contribution is 6.30. The Kier molecular flexibility index (Phi) is 6.86. The van der Waals surface area contributed by atoms with Gasteiger partial charge >= 0.3 is 0 Å². The van der Waals surface area contributed by atoms with E-state index >= 15 is 0 Å². The summed E-state index contributed by atoms with van der Waals surface area (Å²) in [6, 6.07) is 17.5. The molecule has 0 N–H and O–H groups in total. The number of hydrogen-bond donors (Lipinski definition) is 0. The van der Waals surface area contributed by atoms with E-state index in [1.54, 1.807) is 0 Å². The van der Waals surface area contributed by atoms with Crippen LogP contribution in [0.1, 0.15) is 71.9 Å². The molecule has 3 heteroatoms. The quantitative estimate of drug-likeness (QED) is 0.287. The summed E-state index contributed by atoms with van der Waals surface area (Å²) in [7, 11) is 0. The molecule has 0 amide bonds. The van der Waals surface area contributed by atoms with E-state index in [4.69, 9.17) is 11.6 Å². The van der Waals surface area contributed by atoms with Gasteiger partial charge in [-0.05, 0) is 84.1 Å². The van der Waals surface area contributed by atoms with Gasteiger partial charge in [0.05, 0.1) is 11.1 Å². The Hall–Kier alpha value is -2.80. The number of para-hydroxylation sites is 2. The third-order valence-corrected chi connectivity index (χ3v) is 9.14. The summed E-state index contributed by atoms with van der Waals surface area (Å²) in [5, 5.41) is 0.976. The summed E-state index contributed by atoms with van der Waals surface area (Å²) in [5.74, 6) is 0.210. The minimum atomic E-state index is -0.0694. The van der Waals surface area contributed by atoms with E-state index in [9.17, 15) is 0 Å². The second-order valence-corrected chi connectivity index (χ2v) is 11.9. The lowest BCUT2D eigenvalue weighted by Crippen LogP contribution is -2.27. The minimum Gasteiger partial charge on any atom is -0.338 e. The highest BCUT2D eigenvalue weighted by atomic mass is 35.5. The van der Waals surface area contributed by atoms with Gasteiger partial charge in [0.25, 0.3) is 0 Å². The third-order valence-electron chi connectivity index (χ3n) is 8.62. The molecule has 1 atom stereocenters. The largest absolute Gasteiger partial charge is 0.338 e. The van der Waals surface area contributed by atoms with Gasteiger partial charge in [-0.25, -0.2) is 0 Å². The summed E-state index contributed by atoms with van der Waals surface area (Å²) in [6.45, 7) is 15.6. The number of halogens is 1. The Balaban J connectivity index is 1.48. The molecule has 0 fully saturated rings. The van der Waals surface area contributed by atoms with Crippen molar-refractivity contribution in [1.29, 1.82) is 0 Å². The zero-order valence-corrected chi connectivity index (χ0v) is 24.0. The molecule has 2 aliphatic heterocycles. The van der Waals surface area contributed by atoms with Crippen molar-refractivity contribution in [3.05, 3.63) is 99.9 Å². The molecule has 2 heterocycles.